The Morgan fingerprint density at radius 2 is 1.59 bits per heavy atom. The molecule has 3 aliphatic rings. The summed E-state index contributed by atoms with van der Waals surface area (Å²) in [6.45, 7) is 24.7. The van der Waals surface area contributed by atoms with Crippen molar-refractivity contribution in [3.8, 4) is 0 Å². The van der Waals surface area contributed by atoms with Crippen molar-refractivity contribution in [2.45, 2.75) is 150 Å². The molecule has 278 valence electrons. The van der Waals surface area contributed by atoms with Crippen molar-refractivity contribution in [1.29, 1.82) is 0 Å². The molecule has 5 amide bonds. The second-order valence-electron chi connectivity index (χ2n) is 17.6. The highest BCUT2D eigenvalue weighted by molar-refractivity contribution is 6.38. The van der Waals surface area contributed by atoms with Crippen LogP contribution in [-0.4, -0.2) is 83.9 Å². The summed E-state index contributed by atoms with van der Waals surface area (Å²) < 4.78 is 6.06. The lowest BCUT2D eigenvalue weighted by Crippen LogP contribution is -2.63. The summed E-state index contributed by atoms with van der Waals surface area (Å²) in [5, 5.41) is 11.6. The first-order valence-electron chi connectivity index (χ1n) is 18.4. The summed E-state index contributed by atoms with van der Waals surface area (Å²) in [6.07, 6.45) is 7.75. The molecule has 1 unspecified atom stereocenters. The summed E-state index contributed by atoms with van der Waals surface area (Å²) >= 11 is 0. The number of hydrogen-bond acceptors (Lipinski definition) is 6. The molecule has 1 saturated heterocycles. The molecule has 11 heteroatoms. The van der Waals surface area contributed by atoms with E-state index in [0.29, 0.717) is 26.0 Å². The summed E-state index contributed by atoms with van der Waals surface area (Å²) in [7, 11) is 0. The molecule has 0 aromatic carbocycles. The minimum absolute atomic E-state index is 0.0959. The van der Waals surface area contributed by atoms with Crippen LogP contribution in [0.4, 0.5) is 4.79 Å². The number of amides is 5. The van der Waals surface area contributed by atoms with Crippen LogP contribution < -0.4 is 21.3 Å². The summed E-state index contributed by atoms with van der Waals surface area (Å²) in [5.74, 6) is -2.17. The van der Waals surface area contributed by atoms with Crippen molar-refractivity contribution in [3.05, 3.63) is 12.7 Å². The molecule has 1 heterocycles. The van der Waals surface area contributed by atoms with Gasteiger partial charge in [-0.05, 0) is 68.1 Å². The van der Waals surface area contributed by atoms with E-state index in [1.165, 1.54) is 6.08 Å². The lowest BCUT2D eigenvalue weighted by Gasteiger charge is -2.43. The third-order valence-corrected chi connectivity index (χ3v) is 11.1. The van der Waals surface area contributed by atoms with Gasteiger partial charge in [0.15, 0.2) is 0 Å². The van der Waals surface area contributed by atoms with Gasteiger partial charge in [-0.3, -0.25) is 19.2 Å². The van der Waals surface area contributed by atoms with Gasteiger partial charge < -0.3 is 30.9 Å². The molecule has 3 fully saturated rings. The van der Waals surface area contributed by atoms with Gasteiger partial charge in [-0.1, -0.05) is 86.6 Å². The molecule has 6 atom stereocenters. The molecule has 0 spiro atoms. The number of nitrogens with zero attached hydrogens (tertiary/aromatic N) is 1. The van der Waals surface area contributed by atoms with Crippen molar-refractivity contribution in [2.24, 2.45) is 28.1 Å². The lowest BCUT2D eigenvalue weighted by atomic mass is 9.70. The van der Waals surface area contributed by atoms with Crippen LogP contribution in [-0.2, 0) is 23.9 Å². The number of urea groups is 1. The molecule has 11 nitrogen and oxygen atoms in total. The minimum Gasteiger partial charge on any atom is -0.374 e. The van der Waals surface area contributed by atoms with Crippen molar-refractivity contribution < 1.29 is 28.7 Å². The quantitative estimate of drug-likeness (QED) is 0.143. The number of ketones is 1. The monoisotopic (exact) mass is 687 g/mol. The molecular weight excluding hydrogens is 622 g/mol. The Kier molecular flexibility index (Phi) is 13.2. The molecule has 3 rings (SSSR count). The first kappa shape index (κ1) is 40.5. The molecule has 0 aromatic heterocycles. The number of nitrogens with one attached hydrogen (secondary N) is 4. The number of piperidine rings is 1. The average Bonchev–Trinajstić information content (AvgIpc) is 3.32. The fourth-order valence-electron chi connectivity index (χ4n) is 7.68. The number of likely N-dealkylation sites (tertiary alicyclic amines) is 1. The van der Waals surface area contributed by atoms with Crippen LogP contribution in [0.3, 0.4) is 0 Å². The van der Waals surface area contributed by atoms with Gasteiger partial charge in [-0.25, -0.2) is 4.79 Å². The van der Waals surface area contributed by atoms with Gasteiger partial charge in [0.1, 0.15) is 12.1 Å². The van der Waals surface area contributed by atoms with Crippen LogP contribution in [0.25, 0.3) is 0 Å². The molecule has 0 radical (unpaired) electrons. The molecule has 1 aliphatic heterocycles. The molecule has 4 N–H and O–H groups in total. The Hall–Kier alpha value is -2.95. The Morgan fingerprint density at radius 3 is 2.14 bits per heavy atom. The largest absolute Gasteiger partial charge is 0.374 e. The number of unbranched alkanes of at least 4 members (excludes halogenated alkanes) is 1. The van der Waals surface area contributed by atoms with Crippen LogP contribution in [0.2, 0.25) is 0 Å². The van der Waals surface area contributed by atoms with E-state index in [9.17, 15) is 24.0 Å². The Balaban J connectivity index is 1.90. The van der Waals surface area contributed by atoms with Crippen LogP contribution >= 0.6 is 0 Å². The van der Waals surface area contributed by atoms with Crippen LogP contribution in [0.5, 0.6) is 0 Å². The molecule has 2 saturated carbocycles. The molecule has 2 aliphatic carbocycles. The average molecular weight is 688 g/mol. The van der Waals surface area contributed by atoms with E-state index in [2.05, 4.69) is 48.6 Å². The van der Waals surface area contributed by atoms with Gasteiger partial charge in [0, 0.05) is 13.1 Å². The molecule has 0 aromatic rings. The van der Waals surface area contributed by atoms with E-state index in [1.54, 1.807) is 4.90 Å². The second-order valence-corrected chi connectivity index (χ2v) is 17.6. The predicted octanol–water partition coefficient (Wildman–Crippen LogP) is 4.88. The Bertz CT molecular complexity index is 1230. The highest BCUT2D eigenvalue weighted by atomic mass is 16.5. The number of rotatable bonds is 15. The van der Waals surface area contributed by atoms with Crippen molar-refractivity contribution in [1.82, 2.24) is 26.2 Å². The van der Waals surface area contributed by atoms with Crippen molar-refractivity contribution in [2.75, 3.05) is 19.7 Å². The van der Waals surface area contributed by atoms with Gasteiger partial charge in [0.05, 0.1) is 24.3 Å². The third kappa shape index (κ3) is 10.1. The van der Waals surface area contributed by atoms with Gasteiger partial charge >= 0.3 is 6.03 Å². The molecule has 0 bridgehead atoms. The van der Waals surface area contributed by atoms with E-state index in [4.69, 9.17) is 4.74 Å². The van der Waals surface area contributed by atoms with Crippen molar-refractivity contribution >= 4 is 29.5 Å². The van der Waals surface area contributed by atoms with E-state index >= 15 is 0 Å². The standard InChI is InChI=1S/C38H65N5O6/c1-12-14-18-25(29(44)32(46)39-21-13-2)40-31(45)28-27-24(37(27,9)10)22-43(28)33(47)30(38(11)19-16-15-17-20-38)42-34(48)41-26(35(3,4)5)23-49-36(6,7)8/h13,24-28,30H,2,12,14-23H2,1,3-11H3,(H,39,46)(H,40,45)(H2,41,42,48)/t24-,25?,26+,27-,28-,30+/m0/s1. The second kappa shape index (κ2) is 15.9. The van der Waals surface area contributed by atoms with Crippen LogP contribution in [0, 0.1) is 28.1 Å². The zero-order valence-electron chi connectivity index (χ0n) is 31.9. The highest BCUT2D eigenvalue weighted by Gasteiger charge is 2.70. The topological polar surface area (TPSA) is 146 Å². The number of Topliss-reactive ketones (excluding diaryl/α,β-unsaturated/α-hetero) is 1. The zero-order chi connectivity index (χ0) is 36.9. The SMILES string of the molecule is C=CCNC(=O)C(=O)C(CCCC)NC(=O)[C@@H]1[C@@H]2[C@H](CN1C(=O)[C@@H](NC(=O)N[C@H](COC(C)(C)C)C(C)(C)C)C1(C)CCCCC1)C2(C)C. The van der Waals surface area contributed by atoms with E-state index in [1.807, 2.05) is 48.5 Å². The van der Waals surface area contributed by atoms with Gasteiger partial charge in [-0.15, -0.1) is 6.58 Å². The Morgan fingerprint density at radius 1 is 0.959 bits per heavy atom. The maximum absolute atomic E-state index is 14.8. The fourth-order valence-corrected chi connectivity index (χ4v) is 7.68. The normalized spacial score (nSPS) is 24.4. The number of carbonyl (C=O) groups excluding carboxylic acids is 5. The smallest absolute Gasteiger partial charge is 0.315 e. The van der Waals surface area contributed by atoms with E-state index < -0.39 is 47.2 Å². The number of ether oxygens (including phenoxy) is 1. The summed E-state index contributed by atoms with van der Waals surface area (Å²) in [4.78, 5) is 70.2. The zero-order valence-corrected chi connectivity index (χ0v) is 31.9. The van der Waals surface area contributed by atoms with Gasteiger partial charge in [0.25, 0.3) is 5.91 Å². The summed E-state index contributed by atoms with van der Waals surface area (Å²) in [6, 6.07) is -3.43. The van der Waals surface area contributed by atoms with Gasteiger partial charge in [-0.2, -0.15) is 0 Å². The van der Waals surface area contributed by atoms with E-state index in [-0.39, 0.29) is 46.8 Å². The maximum atomic E-state index is 14.8. The Labute approximate surface area is 294 Å². The summed E-state index contributed by atoms with van der Waals surface area (Å²) in [5.41, 5.74) is -1.36. The van der Waals surface area contributed by atoms with E-state index in [0.717, 1.165) is 38.5 Å². The molecule has 49 heavy (non-hydrogen) atoms. The van der Waals surface area contributed by atoms with Crippen molar-refractivity contribution in [3.63, 3.8) is 0 Å². The predicted molar refractivity (Wildman–Crippen MR) is 192 cm³/mol. The van der Waals surface area contributed by atoms with Gasteiger partial charge in [0.2, 0.25) is 17.6 Å². The number of carbonyl (C=O) groups is 5. The first-order valence-corrected chi connectivity index (χ1v) is 18.4. The van der Waals surface area contributed by atoms with Crippen LogP contribution in [0.1, 0.15) is 121 Å². The van der Waals surface area contributed by atoms with Crippen LogP contribution in [0.15, 0.2) is 12.7 Å². The minimum atomic E-state index is -1.00. The highest BCUT2D eigenvalue weighted by Crippen LogP contribution is 2.65. The molecular formula is C38H65N5O6. The third-order valence-electron chi connectivity index (χ3n) is 11.1. The number of fused-ring (bicyclic) bond motifs is 1. The number of hydrogen-bond donors (Lipinski definition) is 4. The first-order chi connectivity index (χ1) is 22.7. The fraction of sp³-hybridized carbons (Fsp3) is 0.816. The maximum Gasteiger partial charge on any atom is 0.315 e. The lowest BCUT2D eigenvalue weighted by molar-refractivity contribution is -0.146.